The van der Waals surface area contributed by atoms with E-state index in [-0.39, 0.29) is 31.3 Å². The number of hydrogen-bond acceptors (Lipinski definition) is 6. The average Bonchev–Trinajstić information content (AvgIpc) is 3.50. The van der Waals surface area contributed by atoms with Crippen LogP contribution in [0.2, 0.25) is 0 Å². The summed E-state index contributed by atoms with van der Waals surface area (Å²) in [4.78, 5) is 45.8. The lowest BCUT2D eigenvalue weighted by molar-refractivity contribution is -0.131. The second-order valence-electron chi connectivity index (χ2n) is 12.2. The average molecular weight is 600 g/mol. The number of benzene rings is 1. The van der Waals surface area contributed by atoms with Crippen molar-refractivity contribution in [3.63, 3.8) is 0 Å². The van der Waals surface area contributed by atoms with Crippen LogP contribution in [0.1, 0.15) is 76.5 Å². The van der Waals surface area contributed by atoms with Gasteiger partial charge in [-0.15, -0.1) is 0 Å². The number of carbonyl (C=O) groups excluding carboxylic acids is 2. The van der Waals surface area contributed by atoms with Crippen LogP contribution in [0.3, 0.4) is 0 Å². The van der Waals surface area contributed by atoms with Crippen LogP contribution in [0.25, 0.3) is 0 Å². The molecule has 43 heavy (non-hydrogen) atoms. The van der Waals surface area contributed by atoms with Crippen LogP contribution in [0.15, 0.2) is 42.9 Å². The van der Waals surface area contributed by atoms with Crippen LogP contribution in [0, 0.1) is 17.8 Å². The molecular formula is C32H49N5O6. The number of nitrogens with zero attached hydrogens (tertiary/aromatic N) is 1. The zero-order valence-corrected chi connectivity index (χ0v) is 25.4. The van der Waals surface area contributed by atoms with Gasteiger partial charge in [0.2, 0.25) is 11.8 Å². The van der Waals surface area contributed by atoms with Crippen molar-refractivity contribution in [2.24, 2.45) is 17.8 Å². The van der Waals surface area contributed by atoms with Gasteiger partial charge in [-0.1, -0.05) is 76.3 Å². The van der Waals surface area contributed by atoms with Crippen LogP contribution >= 0.6 is 0 Å². The third kappa shape index (κ3) is 11.6. The topological polar surface area (TPSA) is 177 Å². The van der Waals surface area contributed by atoms with Gasteiger partial charge in [-0.05, 0) is 42.6 Å². The first-order valence-corrected chi connectivity index (χ1v) is 15.6. The minimum Gasteiger partial charge on any atom is -0.465 e. The highest BCUT2D eigenvalue weighted by molar-refractivity contribution is 5.91. The molecule has 238 valence electrons. The van der Waals surface area contributed by atoms with Gasteiger partial charge in [-0.3, -0.25) is 9.59 Å². The lowest BCUT2D eigenvalue weighted by atomic mass is 9.80. The third-order valence-electron chi connectivity index (χ3n) is 8.60. The van der Waals surface area contributed by atoms with Crippen LogP contribution in [0.5, 0.6) is 0 Å². The summed E-state index contributed by atoms with van der Waals surface area (Å²) >= 11 is 0. The Bertz CT molecular complexity index is 1110. The Morgan fingerprint density at radius 2 is 1.65 bits per heavy atom. The Morgan fingerprint density at radius 1 is 0.977 bits per heavy atom. The highest BCUT2D eigenvalue weighted by Crippen LogP contribution is 2.30. The molecule has 1 aromatic heterocycles. The Hall–Kier alpha value is -3.44. The number of aliphatic hydroxyl groups excluding tert-OH is 2. The van der Waals surface area contributed by atoms with E-state index in [0.717, 1.165) is 31.2 Å². The van der Waals surface area contributed by atoms with E-state index in [2.05, 4.69) is 39.8 Å². The van der Waals surface area contributed by atoms with Crippen LogP contribution in [-0.4, -0.2) is 74.0 Å². The predicted molar refractivity (Wildman–Crippen MR) is 163 cm³/mol. The number of imidazole rings is 1. The molecule has 7 N–H and O–H groups in total. The van der Waals surface area contributed by atoms with Gasteiger partial charge in [0.25, 0.3) is 0 Å². The fourth-order valence-electron chi connectivity index (χ4n) is 6.05. The molecule has 11 nitrogen and oxygen atoms in total. The summed E-state index contributed by atoms with van der Waals surface area (Å²) < 4.78 is 0. The Balaban J connectivity index is 1.80. The van der Waals surface area contributed by atoms with Crippen molar-refractivity contribution < 1.29 is 29.7 Å². The number of H-pyrrole nitrogens is 1. The van der Waals surface area contributed by atoms with E-state index in [1.54, 1.807) is 18.3 Å². The molecule has 1 heterocycles. The van der Waals surface area contributed by atoms with Crippen molar-refractivity contribution in [1.82, 2.24) is 25.9 Å². The zero-order valence-electron chi connectivity index (χ0n) is 25.4. The first-order chi connectivity index (χ1) is 20.7. The van der Waals surface area contributed by atoms with Crippen molar-refractivity contribution in [2.45, 2.75) is 102 Å². The maximum Gasteiger partial charge on any atom is 0.405 e. The van der Waals surface area contributed by atoms with Gasteiger partial charge in [0.1, 0.15) is 12.1 Å². The van der Waals surface area contributed by atoms with Crippen molar-refractivity contribution in [1.29, 1.82) is 0 Å². The Labute approximate surface area is 254 Å². The molecule has 0 spiro atoms. The molecule has 3 rings (SSSR count). The monoisotopic (exact) mass is 599 g/mol. The van der Waals surface area contributed by atoms with Crippen molar-refractivity contribution in [3.8, 4) is 0 Å². The molecule has 3 amide bonds. The predicted octanol–water partition coefficient (Wildman–Crippen LogP) is 3.18. The zero-order chi connectivity index (χ0) is 31.2. The highest BCUT2D eigenvalue weighted by Gasteiger charge is 2.33. The molecule has 1 fully saturated rings. The molecule has 0 unspecified atom stereocenters. The highest BCUT2D eigenvalue weighted by atomic mass is 16.4. The fourth-order valence-corrected chi connectivity index (χ4v) is 6.05. The summed E-state index contributed by atoms with van der Waals surface area (Å²) in [5.41, 5.74) is 1.39. The molecule has 1 aliphatic rings. The van der Waals surface area contributed by atoms with E-state index < -0.39 is 42.1 Å². The first-order valence-electron chi connectivity index (χ1n) is 15.6. The molecule has 11 heteroatoms. The number of amides is 3. The van der Waals surface area contributed by atoms with E-state index in [0.29, 0.717) is 30.9 Å². The van der Waals surface area contributed by atoms with Crippen LogP contribution in [-0.2, 0) is 22.4 Å². The van der Waals surface area contributed by atoms with Crippen molar-refractivity contribution in [3.05, 3.63) is 54.1 Å². The summed E-state index contributed by atoms with van der Waals surface area (Å²) in [5, 5.41) is 38.5. The number of hydrogen-bond donors (Lipinski definition) is 7. The lowest BCUT2D eigenvalue weighted by Gasteiger charge is -2.33. The largest absolute Gasteiger partial charge is 0.465 e. The van der Waals surface area contributed by atoms with Gasteiger partial charge in [0.05, 0.1) is 18.5 Å². The molecule has 0 saturated heterocycles. The van der Waals surface area contributed by atoms with Gasteiger partial charge in [-0.25, -0.2) is 9.78 Å². The number of aromatic amines is 1. The van der Waals surface area contributed by atoms with E-state index in [1.807, 2.05) is 18.2 Å². The lowest BCUT2D eigenvalue weighted by Crippen LogP contribution is -2.57. The quantitative estimate of drug-likeness (QED) is 0.146. The molecule has 2 aromatic rings. The van der Waals surface area contributed by atoms with Gasteiger partial charge in [0.15, 0.2) is 0 Å². The molecule has 1 saturated carbocycles. The van der Waals surface area contributed by atoms with Crippen LogP contribution in [0.4, 0.5) is 4.79 Å². The number of carbonyl (C=O) groups is 3. The van der Waals surface area contributed by atoms with Gasteiger partial charge < -0.3 is 36.3 Å². The summed E-state index contributed by atoms with van der Waals surface area (Å²) in [6.07, 6.45) is 8.25. The third-order valence-corrected chi connectivity index (χ3v) is 8.60. The summed E-state index contributed by atoms with van der Waals surface area (Å²) in [6, 6.07) is 6.36. The SMILES string of the molecule is CC(C)[C@@H](CCO)C[C@H](O)[C@H](CC1CCCCC1)NC(=O)[C@H](Cc1cnc[nH]1)NC(=O)[C@H](Cc1ccccc1)NC(=O)O. The molecule has 0 bridgehead atoms. The minimum atomic E-state index is -1.34. The maximum atomic E-state index is 13.9. The molecule has 1 aromatic carbocycles. The molecule has 1 aliphatic carbocycles. The molecule has 0 radical (unpaired) electrons. The standard InChI is InChI=1S/C32H49N5O6/c1-21(2)24(13-14-38)17-29(39)26(15-22-9-5-3-6-10-22)35-31(41)28(18-25-19-33-20-34-25)36-30(40)27(37-32(42)43)16-23-11-7-4-8-12-23/h4,7-8,11-12,19-22,24,26-29,37-39H,3,5-6,9-10,13-18H2,1-2H3,(H,33,34)(H,35,41)(H,36,40)(H,42,43)/t24-,26-,27-,28-,29-/m0/s1. The second kappa shape index (κ2) is 17.6. The van der Waals surface area contributed by atoms with Crippen molar-refractivity contribution >= 4 is 17.9 Å². The number of carboxylic acid groups (broad SMARTS) is 1. The van der Waals surface area contributed by atoms with Gasteiger partial charge in [0, 0.05) is 31.3 Å². The molecular weight excluding hydrogens is 550 g/mol. The summed E-state index contributed by atoms with van der Waals surface area (Å²) in [7, 11) is 0. The number of aliphatic hydroxyl groups is 2. The fraction of sp³-hybridized carbons (Fsp3) is 0.625. The van der Waals surface area contributed by atoms with Crippen LogP contribution < -0.4 is 16.0 Å². The van der Waals surface area contributed by atoms with Gasteiger partial charge in [-0.2, -0.15) is 0 Å². The first kappa shape index (κ1) is 34.1. The Kier molecular flexibility index (Phi) is 14.0. The van der Waals surface area contributed by atoms with Gasteiger partial charge >= 0.3 is 6.09 Å². The minimum absolute atomic E-state index is 0.0298. The normalized spacial score (nSPS) is 17.4. The van der Waals surface area contributed by atoms with E-state index in [1.165, 1.54) is 12.7 Å². The summed E-state index contributed by atoms with van der Waals surface area (Å²) in [5.74, 6) is -0.367. The molecule has 5 atom stereocenters. The smallest absolute Gasteiger partial charge is 0.405 e. The number of nitrogens with one attached hydrogen (secondary N) is 4. The van der Waals surface area contributed by atoms with Crippen molar-refractivity contribution in [2.75, 3.05) is 6.61 Å². The number of rotatable bonds is 17. The molecule has 0 aliphatic heterocycles. The number of aromatic nitrogens is 2. The Morgan fingerprint density at radius 3 is 2.26 bits per heavy atom. The van der Waals surface area contributed by atoms with E-state index >= 15 is 0 Å². The maximum absolute atomic E-state index is 13.9. The summed E-state index contributed by atoms with van der Waals surface area (Å²) in [6.45, 7) is 4.16. The van der Waals surface area contributed by atoms with E-state index in [4.69, 9.17) is 0 Å². The van der Waals surface area contributed by atoms with E-state index in [9.17, 15) is 29.7 Å². The second-order valence-corrected chi connectivity index (χ2v) is 12.2.